The summed E-state index contributed by atoms with van der Waals surface area (Å²) in [5.74, 6) is 1.34. The Morgan fingerprint density at radius 3 is 3.15 bits per heavy atom. The molecule has 0 saturated carbocycles. The average Bonchev–Trinajstić information content (AvgIpc) is 2.57. The van der Waals surface area contributed by atoms with Gasteiger partial charge >= 0.3 is 0 Å². The van der Waals surface area contributed by atoms with E-state index in [1.807, 2.05) is 0 Å². The lowest BCUT2D eigenvalue weighted by atomic mass is 10.1. The van der Waals surface area contributed by atoms with E-state index in [0.29, 0.717) is 12.5 Å². The van der Waals surface area contributed by atoms with Crippen molar-refractivity contribution in [3.8, 4) is 0 Å². The molecule has 0 spiro atoms. The molecule has 0 aromatic carbocycles. The number of nitrogens with zero attached hydrogens (tertiary/aromatic N) is 1. The minimum absolute atomic E-state index is 0.255. The van der Waals surface area contributed by atoms with E-state index in [2.05, 4.69) is 17.2 Å². The van der Waals surface area contributed by atoms with Crippen LogP contribution in [0.25, 0.3) is 0 Å². The van der Waals surface area contributed by atoms with Crippen molar-refractivity contribution in [2.45, 2.75) is 19.9 Å². The summed E-state index contributed by atoms with van der Waals surface area (Å²) in [6, 6.07) is 0. The zero-order valence-corrected chi connectivity index (χ0v) is 7.86. The predicted octanol–water partition coefficient (Wildman–Crippen LogP) is 0.783. The Bertz CT molecular complexity index is 211. The first-order valence-electron chi connectivity index (χ1n) is 4.52. The van der Waals surface area contributed by atoms with Gasteiger partial charge in [-0.2, -0.15) is 0 Å². The Kier molecular flexibility index (Phi) is 4.49. The largest absolute Gasteiger partial charge is 0.447 e. The second kappa shape index (κ2) is 5.72. The van der Waals surface area contributed by atoms with Crippen LogP contribution in [0, 0.1) is 5.92 Å². The van der Waals surface area contributed by atoms with Gasteiger partial charge in [0.15, 0.2) is 6.39 Å². The van der Waals surface area contributed by atoms with Gasteiger partial charge in [-0.3, -0.25) is 0 Å². The molecule has 0 amide bonds. The Balaban J connectivity index is 2.07. The molecule has 1 aromatic heterocycles. The van der Waals surface area contributed by atoms with Gasteiger partial charge in [-0.15, -0.1) is 0 Å². The summed E-state index contributed by atoms with van der Waals surface area (Å²) in [7, 11) is 0. The molecule has 1 unspecified atom stereocenters. The fourth-order valence-corrected chi connectivity index (χ4v) is 1.09. The van der Waals surface area contributed by atoms with Crippen LogP contribution in [0.4, 0.5) is 0 Å². The molecular formula is C9H16N2O2. The Labute approximate surface area is 78.0 Å². The Morgan fingerprint density at radius 1 is 1.69 bits per heavy atom. The number of oxazole rings is 1. The molecule has 0 bridgehead atoms. The van der Waals surface area contributed by atoms with Gasteiger partial charge in [0.2, 0.25) is 0 Å². The van der Waals surface area contributed by atoms with Crippen molar-refractivity contribution in [2.75, 3.05) is 13.2 Å². The van der Waals surface area contributed by atoms with Crippen LogP contribution in [0.15, 0.2) is 17.0 Å². The molecule has 4 nitrogen and oxygen atoms in total. The average molecular weight is 184 g/mol. The third-order valence-corrected chi connectivity index (χ3v) is 1.90. The monoisotopic (exact) mass is 184 g/mol. The number of aliphatic hydroxyl groups excluding tert-OH is 1. The highest BCUT2D eigenvalue weighted by Crippen LogP contribution is 2.00. The summed E-state index contributed by atoms with van der Waals surface area (Å²) in [4.78, 5) is 3.81. The number of nitrogens with one attached hydrogen (secondary N) is 1. The lowest BCUT2D eigenvalue weighted by Gasteiger charge is -2.09. The number of aliphatic hydroxyl groups is 1. The third kappa shape index (κ3) is 4.05. The maximum absolute atomic E-state index is 8.66. The molecule has 1 atom stereocenters. The number of hydrogen-bond acceptors (Lipinski definition) is 4. The smallest absolute Gasteiger partial charge is 0.180 e. The summed E-state index contributed by atoms with van der Waals surface area (Å²) < 4.78 is 5.05. The molecule has 1 aromatic rings. The van der Waals surface area contributed by atoms with Crippen molar-refractivity contribution in [3.05, 3.63) is 18.4 Å². The first kappa shape index (κ1) is 10.2. The van der Waals surface area contributed by atoms with E-state index in [9.17, 15) is 0 Å². The van der Waals surface area contributed by atoms with Crippen molar-refractivity contribution in [2.24, 2.45) is 5.92 Å². The summed E-state index contributed by atoms with van der Waals surface area (Å²) in [5, 5.41) is 11.9. The van der Waals surface area contributed by atoms with Crippen molar-refractivity contribution in [1.29, 1.82) is 0 Å². The fraction of sp³-hybridized carbons (Fsp3) is 0.667. The maximum atomic E-state index is 8.66. The third-order valence-electron chi connectivity index (χ3n) is 1.90. The highest BCUT2D eigenvalue weighted by Gasteiger charge is 2.01. The minimum atomic E-state index is 0.255. The zero-order valence-electron chi connectivity index (χ0n) is 7.86. The Morgan fingerprint density at radius 2 is 2.54 bits per heavy atom. The van der Waals surface area contributed by atoms with Crippen LogP contribution in [-0.4, -0.2) is 23.2 Å². The van der Waals surface area contributed by atoms with E-state index in [1.165, 1.54) is 6.39 Å². The summed E-state index contributed by atoms with van der Waals surface area (Å²) in [6.45, 7) is 3.95. The lowest BCUT2D eigenvalue weighted by Crippen LogP contribution is -2.21. The SMILES string of the molecule is CC(CCO)CNCc1cnco1. The second-order valence-corrected chi connectivity index (χ2v) is 3.22. The van der Waals surface area contributed by atoms with E-state index >= 15 is 0 Å². The van der Waals surface area contributed by atoms with Crippen LogP contribution in [0.2, 0.25) is 0 Å². The summed E-state index contributed by atoms with van der Waals surface area (Å²) in [6.07, 6.45) is 3.96. The van der Waals surface area contributed by atoms with E-state index in [0.717, 1.165) is 18.7 Å². The number of hydrogen-bond donors (Lipinski definition) is 2. The first-order valence-corrected chi connectivity index (χ1v) is 4.52. The highest BCUT2D eigenvalue weighted by molar-refractivity contribution is 4.86. The summed E-state index contributed by atoms with van der Waals surface area (Å²) >= 11 is 0. The number of rotatable bonds is 6. The van der Waals surface area contributed by atoms with Crippen LogP contribution in [0.1, 0.15) is 19.1 Å². The van der Waals surface area contributed by atoms with E-state index in [1.54, 1.807) is 6.20 Å². The molecule has 74 valence electrons. The van der Waals surface area contributed by atoms with Crippen LogP contribution in [0.3, 0.4) is 0 Å². The van der Waals surface area contributed by atoms with Gasteiger partial charge in [-0.05, 0) is 18.9 Å². The van der Waals surface area contributed by atoms with Crippen LogP contribution >= 0.6 is 0 Å². The van der Waals surface area contributed by atoms with Gasteiger partial charge in [-0.1, -0.05) is 6.92 Å². The van der Waals surface area contributed by atoms with Gasteiger partial charge in [0.1, 0.15) is 5.76 Å². The van der Waals surface area contributed by atoms with Crippen LogP contribution < -0.4 is 5.32 Å². The molecule has 0 fully saturated rings. The fourth-order valence-electron chi connectivity index (χ4n) is 1.09. The molecule has 0 aliphatic rings. The molecule has 0 radical (unpaired) electrons. The standard InChI is InChI=1S/C9H16N2O2/c1-8(2-3-12)4-10-5-9-6-11-7-13-9/h6-8,10,12H,2-5H2,1H3. The molecule has 0 aliphatic carbocycles. The van der Waals surface area contributed by atoms with Gasteiger partial charge < -0.3 is 14.8 Å². The van der Waals surface area contributed by atoms with Gasteiger partial charge in [0, 0.05) is 6.61 Å². The van der Waals surface area contributed by atoms with Gasteiger partial charge in [0.25, 0.3) is 0 Å². The van der Waals surface area contributed by atoms with Crippen molar-refractivity contribution < 1.29 is 9.52 Å². The zero-order chi connectivity index (χ0) is 9.52. The lowest BCUT2D eigenvalue weighted by molar-refractivity contribution is 0.259. The first-order chi connectivity index (χ1) is 6.33. The van der Waals surface area contributed by atoms with E-state index in [4.69, 9.17) is 9.52 Å². The Hall–Kier alpha value is -0.870. The van der Waals surface area contributed by atoms with E-state index < -0.39 is 0 Å². The molecule has 4 heteroatoms. The maximum Gasteiger partial charge on any atom is 0.180 e. The predicted molar refractivity (Wildman–Crippen MR) is 49.1 cm³/mol. The molecule has 1 rings (SSSR count). The molecule has 13 heavy (non-hydrogen) atoms. The van der Waals surface area contributed by atoms with Crippen LogP contribution in [-0.2, 0) is 6.54 Å². The van der Waals surface area contributed by atoms with Crippen molar-refractivity contribution in [1.82, 2.24) is 10.3 Å². The van der Waals surface area contributed by atoms with Crippen molar-refractivity contribution >= 4 is 0 Å². The van der Waals surface area contributed by atoms with Crippen LogP contribution in [0.5, 0.6) is 0 Å². The summed E-state index contributed by atoms with van der Waals surface area (Å²) in [5.41, 5.74) is 0. The second-order valence-electron chi connectivity index (χ2n) is 3.22. The topological polar surface area (TPSA) is 58.3 Å². The van der Waals surface area contributed by atoms with Gasteiger partial charge in [0.05, 0.1) is 12.7 Å². The highest BCUT2D eigenvalue weighted by atomic mass is 16.3. The molecular weight excluding hydrogens is 168 g/mol. The molecule has 0 aliphatic heterocycles. The molecule has 0 saturated heterocycles. The molecule has 1 heterocycles. The number of aromatic nitrogens is 1. The van der Waals surface area contributed by atoms with E-state index in [-0.39, 0.29) is 6.61 Å². The minimum Gasteiger partial charge on any atom is -0.447 e. The van der Waals surface area contributed by atoms with Crippen molar-refractivity contribution in [3.63, 3.8) is 0 Å². The normalized spacial score (nSPS) is 13.1. The quantitative estimate of drug-likeness (QED) is 0.686. The molecule has 2 N–H and O–H groups in total. The van der Waals surface area contributed by atoms with Gasteiger partial charge in [-0.25, -0.2) is 4.98 Å².